The van der Waals surface area contributed by atoms with Crippen LogP contribution in [0.15, 0.2) is 28.8 Å². The summed E-state index contributed by atoms with van der Waals surface area (Å²) in [5.74, 6) is 0.305. The average Bonchev–Trinajstić information content (AvgIpc) is 2.66. The average molecular weight is 190 g/mol. The first-order chi connectivity index (χ1) is 6.79. The van der Waals surface area contributed by atoms with E-state index >= 15 is 0 Å². The number of nitrogens with zero attached hydrogens (tertiary/aromatic N) is 2. The molecule has 70 valence electrons. The van der Waals surface area contributed by atoms with Crippen molar-refractivity contribution >= 4 is 6.29 Å². The van der Waals surface area contributed by atoms with Crippen LogP contribution in [0.3, 0.4) is 0 Å². The Morgan fingerprint density at radius 2 is 2.29 bits per heavy atom. The molecule has 0 bridgehead atoms. The van der Waals surface area contributed by atoms with Gasteiger partial charge in [0.25, 0.3) is 5.89 Å². The van der Waals surface area contributed by atoms with Gasteiger partial charge < -0.3 is 9.63 Å². The van der Waals surface area contributed by atoms with Crippen LogP contribution in [0.25, 0.3) is 11.5 Å². The first-order valence-electron chi connectivity index (χ1n) is 3.88. The fraction of sp³-hybridized carbons (Fsp3) is 0. The maximum atomic E-state index is 10.3. The predicted octanol–water partition coefficient (Wildman–Crippen LogP) is 1.25. The molecule has 0 radical (unpaired) electrons. The Morgan fingerprint density at radius 1 is 1.43 bits per heavy atom. The Kier molecular flexibility index (Phi) is 1.98. The van der Waals surface area contributed by atoms with E-state index in [-0.39, 0.29) is 17.5 Å². The normalized spacial score (nSPS) is 10.0. The number of hydrogen-bond acceptors (Lipinski definition) is 5. The standard InChI is InChI=1S/C9H6N2O3/c12-5-8-10-9(14-11-8)6-2-1-3-7(13)4-6/h1-5,13H. The number of aromatic hydroxyl groups is 1. The third-order valence-corrected chi connectivity index (χ3v) is 1.64. The SMILES string of the molecule is O=Cc1noc(-c2cccc(O)c2)n1. The molecule has 0 fully saturated rings. The van der Waals surface area contributed by atoms with Gasteiger partial charge >= 0.3 is 0 Å². The van der Waals surface area contributed by atoms with E-state index < -0.39 is 0 Å². The zero-order chi connectivity index (χ0) is 9.97. The second-order valence-corrected chi connectivity index (χ2v) is 2.63. The maximum Gasteiger partial charge on any atom is 0.258 e. The Bertz CT molecular complexity index is 465. The predicted molar refractivity (Wildman–Crippen MR) is 46.8 cm³/mol. The van der Waals surface area contributed by atoms with Gasteiger partial charge in [-0.1, -0.05) is 11.2 Å². The molecule has 2 aromatic rings. The molecule has 14 heavy (non-hydrogen) atoms. The number of phenolic OH excluding ortho intramolecular Hbond substituents is 1. The van der Waals surface area contributed by atoms with Gasteiger partial charge in [-0.3, -0.25) is 4.79 Å². The van der Waals surface area contributed by atoms with Crippen molar-refractivity contribution in [3.05, 3.63) is 30.1 Å². The van der Waals surface area contributed by atoms with Crippen molar-refractivity contribution in [3.8, 4) is 17.2 Å². The quantitative estimate of drug-likeness (QED) is 0.721. The van der Waals surface area contributed by atoms with E-state index in [4.69, 9.17) is 4.52 Å². The summed E-state index contributed by atoms with van der Waals surface area (Å²) in [6, 6.07) is 6.35. The first kappa shape index (κ1) is 8.43. The van der Waals surface area contributed by atoms with E-state index in [1.165, 1.54) is 12.1 Å². The van der Waals surface area contributed by atoms with E-state index in [2.05, 4.69) is 10.1 Å². The van der Waals surface area contributed by atoms with Crippen LogP contribution in [0.1, 0.15) is 10.6 Å². The highest BCUT2D eigenvalue weighted by Crippen LogP contribution is 2.20. The topological polar surface area (TPSA) is 76.2 Å². The zero-order valence-corrected chi connectivity index (χ0v) is 7.04. The summed E-state index contributed by atoms with van der Waals surface area (Å²) in [5, 5.41) is 12.6. The number of carbonyl (C=O) groups is 1. The maximum absolute atomic E-state index is 10.3. The summed E-state index contributed by atoms with van der Waals surface area (Å²) in [4.78, 5) is 14.1. The van der Waals surface area contributed by atoms with Crippen molar-refractivity contribution in [1.82, 2.24) is 10.1 Å². The molecule has 0 saturated heterocycles. The number of rotatable bonds is 2. The van der Waals surface area contributed by atoms with E-state index in [1.807, 2.05) is 0 Å². The van der Waals surface area contributed by atoms with Crippen LogP contribution in [0.5, 0.6) is 5.75 Å². The summed E-state index contributed by atoms with van der Waals surface area (Å²) in [6.07, 6.45) is 0.496. The highest BCUT2D eigenvalue weighted by molar-refractivity contribution is 5.69. The minimum Gasteiger partial charge on any atom is -0.508 e. The minimum atomic E-state index is -0.0108. The van der Waals surface area contributed by atoms with Crippen LogP contribution in [0, 0.1) is 0 Å². The molecule has 0 spiro atoms. The molecular formula is C9H6N2O3. The summed E-state index contributed by atoms with van der Waals surface area (Å²) in [5.41, 5.74) is 0.575. The van der Waals surface area contributed by atoms with E-state index in [9.17, 15) is 9.90 Å². The van der Waals surface area contributed by atoms with Gasteiger partial charge in [-0.05, 0) is 18.2 Å². The molecule has 5 nitrogen and oxygen atoms in total. The van der Waals surface area contributed by atoms with Crippen molar-refractivity contribution in [3.63, 3.8) is 0 Å². The number of hydrogen-bond donors (Lipinski definition) is 1. The lowest BCUT2D eigenvalue weighted by atomic mass is 10.2. The summed E-state index contributed by atoms with van der Waals surface area (Å²) < 4.78 is 4.79. The molecule has 1 aromatic heterocycles. The largest absolute Gasteiger partial charge is 0.508 e. The van der Waals surface area contributed by atoms with E-state index in [0.29, 0.717) is 11.8 Å². The third kappa shape index (κ3) is 1.47. The van der Waals surface area contributed by atoms with Gasteiger partial charge in [-0.15, -0.1) is 0 Å². The summed E-state index contributed by atoms with van der Waals surface area (Å²) in [7, 11) is 0. The van der Waals surface area contributed by atoms with Gasteiger partial charge in [0.2, 0.25) is 5.82 Å². The van der Waals surface area contributed by atoms with Crippen LogP contribution < -0.4 is 0 Å². The molecule has 0 aliphatic heterocycles. The molecule has 0 amide bonds. The van der Waals surface area contributed by atoms with E-state index in [0.717, 1.165) is 0 Å². The lowest BCUT2D eigenvalue weighted by Crippen LogP contribution is -1.81. The van der Waals surface area contributed by atoms with Crippen LogP contribution in [-0.4, -0.2) is 21.5 Å². The minimum absolute atomic E-state index is 0.0108. The fourth-order valence-corrected chi connectivity index (χ4v) is 1.04. The molecule has 0 saturated carbocycles. The van der Waals surface area contributed by atoms with Crippen LogP contribution in [0.4, 0.5) is 0 Å². The van der Waals surface area contributed by atoms with Crippen molar-refractivity contribution in [1.29, 1.82) is 0 Å². The first-order valence-corrected chi connectivity index (χ1v) is 3.88. The molecular weight excluding hydrogens is 184 g/mol. The van der Waals surface area contributed by atoms with Crippen molar-refractivity contribution in [2.45, 2.75) is 0 Å². The summed E-state index contributed by atoms with van der Waals surface area (Å²) >= 11 is 0. The number of aldehydes is 1. The number of benzene rings is 1. The Morgan fingerprint density at radius 3 is 2.93 bits per heavy atom. The lowest BCUT2D eigenvalue weighted by Gasteiger charge is -1.93. The van der Waals surface area contributed by atoms with Gasteiger partial charge in [0.15, 0.2) is 6.29 Å². The fourth-order valence-electron chi connectivity index (χ4n) is 1.04. The lowest BCUT2D eigenvalue weighted by molar-refractivity contribution is 0.111. The van der Waals surface area contributed by atoms with Crippen LogP contribution >= 0.6 is 0 Å². The van der Waals surface area contributed by atoms with Gasteiger partial charge in [-0.25, -0.2) is 0 Å². The second-order valence-electron chi connectivity index (χ2n) is 2.63. The molecule has 1 N–H and O–H groups in total. The number of aromatic nitrogens is 2. The molecule has 0 aliphatic carbocycles. The highest BCUT2D eigenvalue weighted by Gasteiger charge is 2.07. The monoisotopic (exact) mass is 190 g/mol. The van der Waals surface area contributed by atoms with Crippen molar-refractivity contribution in [2.24, 2.45) is 0 Å². The third-order valence-electron chi connectivity index (χ3n) is 1.64. The molecule has 1 heterocycles. The Balaban J connectivity index is 2.43. The van der Waals surface area contributed by atoms with Gasteiger partial charge in [0.05, 0.1) is 0 Å². The second kappa shape index (κ2) is 3.29. The van der Waals surface area contributed by atoms with Gasteiger partial charge in [-0.2, -0.15) is 4.98 Å². The van der Waals surface area contributed by atoms with Crippen LogP contribution in [-0.2, 0) is 0 Å². The van der Waals surface area contributed by atoms with Gasteiger partial charge in [0.1, 0.15) is 5.75 Å². The number of phenols is 1. The zero-order valence-electron chi connectivity index (χ0n) is 7.04. The van der Waals surface area contributed by atoms with Crippen molar-refractivity contribution < 1.29 is 14.4 Å². The Hall–Kier alpha value is -2.17. The molecule has 0 unspecified atom stereocenters. The molecule has 0 atom stereocenters. The van der Waals surface area contributed by atoms with Crippen LogP contribution in [0.2, 0.25) is 0 Å². The van der Waals surface area contributed by atoms with Crippen molar-refractivity contribution in [2.75, 3.05) is 0 Å². The smallest absolute Gasteiger partial charge is 0.258 e. The van der Waals surface area contributed by atoms with Gasteiger partial charge in [0, 0.05) is 5.56 Å². The molecule has 2 rings (SSSR count). The Labute approximate surface area is 79.0 Å². The molecule has 1 aromatic carbocycles. The highest BCUT2D eigenvalue weighted by atomic mass is 16.5. The molecule has 5 heteroatoms. The number of carbonyl (C=O) groups excluding carboxylic acids is 1. The summed E-state index contributed by atoms with van der Waals surface area (Å²) in [6.45, 7) is 0. The molecule has 0 aliphatic rings. The van der Waals surface area contributed by atoms with E-state index in [1.54, 1.807) is 12.1 Å².